The molecule has 1 aliphatic carbocycles. The average Bonchev–Trinajstić information content (AvgIpc) is 2.99. The average molecular weight is 397 g/mol. The summed E-state index contributed by atoms with van der Waals surface area (Å²) in [6, 6.07) is 4.16. The Bertz CT molecular complexity index is 778. The maximum absolute atomic E-state index is 13.0. The van der Waals surface area contributed by atoms with Crippen LogP contribution in [0.15, 0.2) is 29.5 Å². The number of esters is 1. The molecule has 0 bridgehead atoms. The van der Waals surface area contributed by atoms with E-state index in [1.54, 1.807) is 32.2 Å². The Morgan fingerprint density at radius 1 is 1.27 bits per heavy atom. The second-order valence-electron chi connectivity index (χ2n) is 6.97. The van der Waals surface area contributed by atoms with Crippen LogP contribution in [0.25, 0.3) is 0 Å². The van der Waals surface area contributed by atoms with Gasteiger partial charge in [0, 0.05) is 12.7 Å². The Balaban J connectivity index is 1.96. The standard InChI is InChI=1S/C19H22Cl2N2O3/c1-10-5-4-6-15(10)26-18(24)16-11(2)23(3)19(25)22-17(16)12-7-8-13(20)14(21)9-12/h7-10,15,17H,4-6H2,1-3H3,(H,22,25)/t10-,15-,17+/m1/s1. The number of halogens is 2. The van der Waals surface area contributed by atoms with Gasteiger partial charge in [0.15, 0.2) is 0 Å². The summed E-state index contributed by atoms with van der Waals surface area (Å²) in [5.74, 6) is -0.0524. The van der Waals surface area contributed by atoms with Crippen LogP contribution in [-0.2, 0) is 9.53 Å². The van der Waals surface area contributed by atoms with Gasteiger partial charge in [-0.1, -0.05) is 36.2 Å². The fraction of sp³-hybridized carbons (Fsp3) is 0.474. The third-order valence-corrected chi connectivity index (χ3v) is 6.03. The van der Waals surface area contributed by atoms with E-state index in [-0.39, 0.29) is 12.1 Å². The summed E-state index contributed by atoms with van der Waals surface area (Å²) in [5.41, 5.74) is 1.68. The van der Waals surface area contributed by atoms with Gasteiger partial charge in [-0.15, -0.1) is 0 Å². The molecule has 140 valence electrons. The first-order valence-electron chi connectivity index (χ1n) is 8.70. The monoisotopic (exact) mass is 396 g/mol. The summed E-state index contributed by atoms with van der Waals surface area (Å²) in [5, 5.41) is 3.64. The second kappa shape index (κ2) is 7.49. The number of ether oxygens (including phenoxy) is 1. The van der Waals surface area contributed by atoms with Crippen molar-refractivity contribution in [2.24, 2.45) is 5.92 Å². The second-order valence-corrected chi connectivity index (χ2v) is 7.78. The fourth-order valence-corrected chi connectivity index (χ4v) is 3.84. The number of nitrogens with one attached hydrogen (secondary N) is 1. The Kier molecular flexibility index (Phi) is 5.49. The van der Waals surface area contributed by atoms with Crippen molar-refractivity contribution in [3.8, 4) is 0 Å². The normalized spacial score (nSPS) is 26.1. The molecule has 1 N–H and O–H groups in total. The molecule has 1 aromatic rings. The molecule has 1 aliphatic heterocycles. The van der Waals surface area contributed by atoms with Gasteiger partial charge in [-0.2, -0.15) is 0 Å². The molecule has 1 aromatic carbocycles. The van der Waals surface area contributed by atoms with Crippen molar-refractivity contribution >= 4 is 35.2 Å². The lowest BCUT2D eigenvalue weighted by Crippen LogP contribution is -2.46. The largest absolute Gasteiger partial charge is 0.459 e. The Morgan fingerprint density at radius 3 is 2.62 bits per heavy atom. The minimum absolute atomic E-state index is 0.0832. The number of hydrogen-bond acceptors (Lipinski definition) is 3. The number of urea groups is 1. The molecule has 0 aromatic heterocycles. The van der Waals surface area contributed by atoms with Gasteiger partial charge in [0.25, 0.3) is 0 Å². The van der Waals surface area contributed by atoms with E-state index in [0.29, 0.717) is 32.8 Å². The lowest BCUT2D eigenvalue weighted by molar-refractivity contribution is -0.146. The SMILES string of the molecule is CC1=C(C(=O)O[C@@H]2CCC[C@H]2C)[C@H](c2ccc(Cl)c(Cl)c2)NC(=O)N1C. The van der Waals surface area contributed by atoms with Crippen molar-refractivity contribution in [2.75, 3.05) is 7.05 Å². The highest BCUT2D eigenvalue weighted by molar-refractivity contribution is 6.42. The minimum Gasteiger partial charge on any atom is -0.459 e. The number of carbonyl (C=O) groups is 2. The molecule has 7 heteroatoms. The predicted molar refractivity (Wildman–Crippen MR) is 101 cm³/mol. The zero-order valence-electron chi connectivity index (χ0n) is 15.0. The van der Waals surface area contributed by atoms with E-state index in [1.807, 2.05) is 0 Å². The van der Waals surface area contributed by atoms with Crippen molar-refractivity contribution in [3.63, 3.8) is 0 Å². The van der Waals surface area contributed by atoms with Crippen LogP contribution in [0, 0.1) is 5.92 Å². The van der Waals surface area contributed by atoms with Gasteiger partial charge in [-0.05, 0) is 49.8 Å². The lowest BCUT2D eigenvalue weighted by Gasteiger charge is -2.34. The van der Waals surface area contributed by atoms with Crippen LogP contribution >= 0.6 is 23.2 Å². The Hall–Kier alpha value is -1.72. The van der Waals surface area contributed by atoms with E-state index in [4.69, 9.17) is 27.9 Å². The van der Waals surface area contributed by atoms with Gasteiger partial charge in [0.05, 0.1) is 21.7 Å². The van der Waals surface area contributed by atoms with Crippen molar-refractivity contribution in [3.05, 3.63) is 45.1 Å². The van der Waals surface area contributed by atoms with Crippen LogP contribution in [0.3, 0.4) is 0 Å². The van der Waals surface area contributed by atoms with E-state index in [2.05, 4.69) is 12.2 Å². The number of nitrogens with zero attached hydrogens (tertiary/aromatic N) is 1. The Labute approximate surface area is 163 Å². The predicted octanol–water partition coefficient (Wildman–Crippen LogP) is 4.70. The van der Waals surface area contributed by atoms with Crippen LogP contribution < -0.4 is 5.32 Å². The number of carbonyl (C=O) groups excluding carboxylic acids is 2. The molecule has 3 atom stereocenters. The maximum atomic E-state index is 13.0. The first-order valence-corrected chi connectivity index (χ1v) is 9.46. The van der Waals surface area contributed by atoms with Crippen LogP contribution in [0.2, 0.25) is 10.0 Å². The molecular weight excluding hydrogens is 375 g/mol. The van der Waals surface area contributed by atoms with Crippen molar-refractivity contribution in [1.29, 1.82) is 0 Å². The van der Waals surface area contributed by atoms with E-state index in [9.17, 15) is 9.59 Å². The van der Waals surface area contributed by atoms with Gasteiger partial charge in [-0.25, -0.2) is 9.59 Å². The summed E-state index contributed by atoms with van der Waals surface area (Å²) in [7, 11) is 1.63. The summed E-state index contributed by atoms with van der Waals surface area (Å²) < 4.78 is 5.79. The maximum Gasteiger partial charge on any atom is 0.338 e. The number of amides is 2. The zero-order valence-corrected chi connectivity index (χ0v) is 16.5. The number of benzene rings is 1. The van der Waals surface area contributed by atoms with Crippen molar-refractivity contribution in [2.45, 2.75) is 45.3 Å². The van der Waals surface area contributed by atoms with Gasteiger partial charge < -0.3 is 15.0 Å². The van der Waals surface area contributed by atoms with Gasteiger partial charge >= 0.3 is 12.0 Å². The highest BCUT2D eigenvalue weighted by Gasteiger charge is 2.37. The van der Waals surface area contributed by atoms with Gasteiger partial charge in [-0.3, -0.25) is 0 Å². The first-order chi connectivity index (χ1) is 12.3. The number of allylic oxidation sites excluding steroid dienone is 1. The summed E-state index contributed by atoms with van der Waals surface area (Å²) in [6.45, 7) is 3.84. The molecule has 5 nitrogen and oxygen atoms in total. The fourth-order valence-electron chi connectivity index (χ4n) is 3.53. The van der Waals surface area contributed by atoms with Crippen LogP contribution in [-0.4, -0.2) is 30.1 Å². The number of hydrogen-bond donors (Lipinski definition) is 1. The minimum atomic E-state index is -0.627. The van der Waals surface area contributed by atoms with Crippen molar-refractivity contribution < 1.29 is 14.3 Å². The van der Waals surface area contributed by atoms with E-state index in [1.165, 1.54) is 4.90 Å². The van der Waals surface area contributed by atoms with Crippen molar-refractivity contribution in [1.82, 2.24) is 10.2 Å². The van der Waals surface area contributed by atoms with E-state index < -0.39 is 12.0 Å². The topological polar surface area (TPSA) is 58.6 Å². The van der Waals surface area contributed by atoms with E-state index >= 15 is 0 Å². The summed E-state index contributed by atoms with van der Waals surface area (Å²) in [6.07, 6.45) is 2.91. The third-order valence-electron chi connectivity index (χ3n) is 5.29. The molecule has 0 radical (unpaired) electrons. The zero-order chi connectivity index (χ0) is 19.0. The highest BCUT2D eigenvalue weighted by Crippen LogP contribution is 2.35. The quantitative estimate of drug-likeness (QED) is 0.753. The first kappa shape index (κ1) is 19.1. The van der Waals surface area contributed by atoms with Crippen LogP contribution in [0.4, 0.5) is 4.79 Å². The molecule has 2 amide bonds. The molecule has 1 saturated carbocycles. The molecule has 3 rings (SSSR count). The molecule has 0 saturated heterocycles. The molecule has 0 unspecified atom stereocenters. The molecule has 26 heavy (non-hydrogen) atoms. The van der Waals surface area contributed by atoms with Gasteiger partial charge in [0.1, 0.15) is 6.10 Å². The molecule has 0 spiro atoms. The molecule has 2 aliphatic rings. The Morgan fingerprint density at radius 2 is 2.00 bits per heavy atom. The highest BCUT2D eigenvalue weighted by atomic mass is 35.5. The summed E-state index contributed by atoms with van der Waals surface area (Å²) in [4.78, 5) is 26.7. The summed E-state index contributed by atoms with van der Waals surface area (Å²) >= 11 is 12.1. The molecule has 1 fully saturated rings. The van der Waals surface area contributed by atoms with Crippen LogP contribution in [0.5, 0.6) is 0 Å². The lowest BCUT2D eigenvalue weighted by atomic mass is 9.95. The van der Waals surface area contributed by atoms with Crippen LogP contribution in [0.1, 0.15) is 44.7 Å². The molecule has 1 heterocycles. The third kappa shape index (κ3) is 3.55. The smallest absolute Gasteiger partial charge is 0.338 e. The van der Waals surface area contributed by atoms with E-state index in [0.717, 1.165) is 19.3 Å². The molecular formula is C19H22Cl2N2O3. The van der Waals surface area contributed by atoms with Gasteiger partial charge in [0.2, 0.25) is 0 Å². The number of rotatable bonds is 3.